The third kappa shape index (κ3) is 2.54. The van der Waals surface area contributed by atoms with E-state index in [4.69, 9.17) is 0 Å². The van der Waals surface area contributed by atoms with Gasteiger partial charge in [-0.15, -0.1) is 0 Å². The zero-order chi connectivity index (χ0) is 10.1. The van der Waals surface area contributed by atoms with Crippen molar-refractivity contribution in [2.24, 2.45) is 5.92 Å². The van der Waals surface area contributed by atoms with E-state index in [0.717, 1.165) is 18.0 Å². The lowest BCUT2D eigenvalue weighted by Crippen LogP contribution is -2.33. The first kappa shape index (κ1) is 10.1. The number of likely N-dealkylation sites (tertiary alicyclic amines) is 1. The molecule has 1 saturated heterocycles. The van der Waals surface area contributed by atoms with Crippen molar-refractivity contribution in [2.75, 3.05) is 19.6 Å². The van der Waals surface area contributed by atoms with Crippen LogP contribution in [0, 0.1) is 5.92 Å². The van der Waals surface area contributed by atoms with E-state index in [0.29, 0.717) is 0 Å². The molecule has 0 amide bonds. The van der Waals surface area contributed by atoms with Crippen molar-refractivity contribution >= 4 is 0 Å². The van der Waals surface area contributed by atoms with Crippen LogP contribution >= 0.6 is 0 Å². The molecular weight excluding hydrogens is 184 g/mol. The van der Waals surface area contributed by atoms with Gasteiger partial charge in [0.25, 0.3) is 0 Å². The van der Waals surface area contributed by atoms with Crippen LogP contribution in [0.15, 0.2) is 0 Å². The van der Waals surface area contributed by atoms with Crippen LogP contribution in [-0.2, 0) is 0 Å². The molecule has 0 spiro atoms. The van der Waals surface area contributed by atoms with E-state index in [2.05, 4.69) is 10.2 Å². The van der Waals surface area contributed by atoms with E-state index in [-0.39, 0.29) is 0 Å². The zero-order valence-corrected chi connectivity index (χ0v) is 9.75. The Balaban J connectivity index is 1.41. The molecule has 15 heavy (non-hydrogen) atoms. The molecule has 1 N–H and O–H groups in total. The highest BCUT2D eigenvalue weighted by Gasteiger charge is 2.30. The Hall–Kier alpha value is -0.0800. The summed E-state index contributed by atoms with van der Waals surface area (Å²) in [5, 5.41) is 3.68. The van der Waals surface area contributed by atoms with Crippen molar-refractivity contribution in [3.63, 3.8) is 0 Å². The van der Waals surface area contributed by atoms with Crippen molar-refractivity contribution in [3.8, 4) is 0 Å². The van der Waals surface area contributed by atoms with E-state index < -0.39 is 0 Å². The fourth-order valence-electron chi connectivity index (χ4n) is 3.25. The van der Waals surface area contributed by atoms with Crippen molar-refractivity contribution in [1.29, 1.82) is 0 Å². The fraction of sp³-hybridized carbons (Fsp3) is 1.00. The maximum Gasteiger partial charge on any atom is 0.00953 e. The molecule has 0 aromatic heterocycles. The molecule has 2 saturated carbocycles. The molecule has 0 radical (unpaired) electrons. The SMILES string of the molecule is C1CCC(N2CCC(CNC3CC3)C2)C1. The first-order chi connectivity index (χ1) is 7.42. The third-order valence-corrected chi connectivity index (χ3v) is 4.43. The van der Waals surface area contributed by atoms with Gasteiger partial charge in [0.2, 0.25) is 0 Å². The minimum absolute atomic E-state index is 0.894. The smallest absolute Gasteiger partial charge is 0.00953 e. The van der Waals surface area contributed by atoms with Crippen molar-refractivity contribution in [3.05, 3.63) is 0 Å². The van der Waals surface area contributed by atoms with Gasteiger partial charge in [-0.05, 0) is 51.1 Å². The third-order valence-electron chi connectivity index (χ3n) is 4.43. The molecule has 1 unspecified atom stereocenters. The quantitative estimate of drug-likeness (QED) is 0.760. The lowest BCUT2D eigenvalue weighted by atomic mass is 10.1. The summed E-state index contributed by atoms with van der Waals surface area (Å²) in [6.45, 7) is 4.04. The van der Waals surface area contributed by atoms with Crippen molar-refractivity contribution in [2.45, 2.75) is 57.0 Å². The molecule has 1 atom stereocenters. The maximum absolute atomic E-state index is 3.68. The summed E-state index contributed by atoms with van der Waals surface area (Å²) in [7, 11) is 0. The lowest BCUT2D eigenvalue weighted by Gasteiger charge is -2.23. The van der Waals surface area contributed by atoms with Gasteiger partial charge in [-0.25, -0.2) is 0 Å². The average Bonchev–Trinajstić information content (AvgIpc) is 2.78. The van der Waals surface area contributed by atoms with Gasteiger partial charge in [0.15, 0.2) is 0 Å². The van der Waals surface area contributed by atoms with E-state index in [1.54, 1.807) is 0 Å². The van der Waals surface area contributed by atoms with Crippen LogP contribution in [0.1, 0.15) is 44.9 Å². The van der Waals surface area contributed by atoms with Crippen molar-refractivity contribution < 1.29 is 0 Å². The Bertz CT molecular complexity index is 207. The first-order valence-electron chi connectivity index (χ1n) is 6.89. The second kappa shape index (κ2) is 4.42. The van der Waals surface area contributed by atoms with Gasteiger partial charge in [-0.3, -0.25) is 0 Å². The van der Waals surface area contributed by atoms with Gasteiger partial charge in [0.1, 0.15) is 0 Å². The zero-order valence-electron chi connectivity index (χ0n) is 9.75. The fourth-order valence-corrected chi connectivity index (χ4v) is 3.25. The highest BCUT2D eigenvalue weighted by atomic mass is 15.2. The first-order valence-corrected chi connectivity index (χ1v) is 6.89. The predicted octanol–water partition coefficient (Wildman–Crippen LogP) is 2.00. The molecule has 2 nitrogen and oxygen atoms in total. The van der Waals surface area contributed by atoms with E-state index >= 15 is 0 Å². The molecule has 0 bridgehead atoms. The minimum Gasteiger partial charge on any atom is -0.314 e. The van der Waals surface area contributed by atoms with Crippen LogP contribution in [0.5, 0.6) is 0 Å². The molecule has 86 valence electrons. The second-order valence-corrected chi connectivity index (χ2v) is 5.77. The Morgan fingerprint density at radius 2 is 1.80 bits per heavy atom. The molecule has 3 fully saturated rings. The summed E-state index contributed by atoms with van der Waals surface area (Å²) in [5.74, 6) is 0.950. The van der Waals surface area contributed by atoms with Crippen LogP contribution < -0.4 is 5.32 Å². The van der Waals surface area contributed by atoms with E-state index in [1.807, 2.05) is 0 Å². The molecule has 2 heteroatoms. The van der Waals surface area contributed by atoms with Crippen molar-refractivity contribution in [1.82, 2.24) is 10.2 Å². The highest BCUT2D eigenvalue weighted by Crippen LogP contribution is 2.28. The monoisotopic (exact) mass is 208 g/mol. The van der Waals surface area contributed by atoms with Gasteiger partial charge >= 0.3 is 0 Å². The Morgan fingerprint density at radius 1 is 1.00 bits per heavy atom. The summed E-state index contributed by atoms with van der Waals surface area (Å²) < 4.78 is 0. The topological polar surface area (TPSA) is 15.3 Å². The summed E-state index contributed by atoms with van der Waals surface area (Å²) in [6, 6.07) is 1.85. The Kier molecular flexibility index (Phi) is 2.98. The number of hydrogen-bond donors (Lipinski definition) is 1. The number of rotatable bonds is 4. The summed E-state index contributed by atoms with van der Waals surface area (Å²) in [6.07, 6.45) is 10.2. The summed E-state index contributed by atoms with van der Waals surface area (Å²) in [5.41, 5.74) is 0. The normalized spacial score (nSPS) is 34.0. The van der Waals surface area contributed by atoms with Crippen LogP contribution in [0.25, 0.3) is 0 Å². The summed E-state index contributed by atoms with van der Waals surface area (Å²) >= 11 is 0. The maximum atomic E-state index is 3.68. The number of nitrogens with one attached hydrogen (secondary N) is 1. The highest BCUT2D eigenvalue weighted by molar-refractivity contribution is 4.87. The van der Waals surface area contributed by atoms with E-state index in [9.17, 15) is 0 Å². The van der Waals surface area contributed by atoms with Gasteiger partial charge < -0.3 is 10.2 Å². The van der Waals surface area contributed by atoms with Crippen LogP contribution in [0.4, 0.5) is 0 Å². The number of nitrogens with zero attached hydrogens (tertiary/aromatic N) is 1. The predicted molar refractivity (Wildman–Crippen MR) is 63.0 cm³/mol. The van der Waals surface area contributed by atoms with Crippen LogP contribution in [-0.4, -0.2) is 36.6 Å². The average molecular weight is 208 g/mol. The molecule has 1 aliphatic heterocycles. The molecule has 0 aromatic rings. The van der Waals surface area contributed by atoms with E-state index in [1.165, 1.54) is 64.6 Å². The molecule has 3 rings (SSSR count). The second-order valence-electron chi connectivity index (χ2n) is 5.77. The standard InChI is InChI=1S/C13H24N2/c1-2-4-13(3-1)15-8-7-11(10-15)9-14-12-5-6-12/h11-14H,1-10H2. The van der Waals surface area contributed by atoms with Gasteiger partial charge in [-0.2, -0.15) is 0 Å². The van der Waals surface area contributed by atoms with Gasteiger partial charge in [0, 0.05) is 18.6 Å². The van der Waals surface area contributed by atoms with Gasteiger partial charge in [-0.1, -0.05) is 12.8 Å². The van der Waals surface area contributed by atoms with Crippen LogP contribution in [0.2, 0.25) is 0 Å². The van der Waals surface area contributed by atoms with Gasteiger partial charge in [0.05, 0.1) is 0 Å². The molecule has 2 aliphatic carbocycles. The minimum atomic E-state index is 0.894. The molecule has 0 aromatic carbocycles. The summed E-state index contributed by atoms with van der Waals surface area (Å²) in [4.78, 5) is 2.77. The molecule has 1 heterocycles. The number of hydrogen-bond acceptors (Lipinski definition) is 2. The molecule has 3 aliphatic rings. The van der Waals surface area contributed by atoms with Crippen LogP contribution in [0.3, 0.4) is 0 Å². The largest absolute Gasteiger partial charge is 0.314 e. The molecular formula is C13H24N2. The lowest BCUT2D eigenvalue weighted by molar-refractivity contribution is 0.236. The Labute approximate surface area is 93.4 Å². The Morgan fingerprint density at radius 3 is 2.53 bits per heavy atom.